The zero-order valence-corrected chi connectivity index (χ0v) is 40.3. The molecule has 3 aromatic carbocycles. The molecule has 1 unspecified atom stereocenters. The van der Waals surface area contributed by atoms with Gasteiger partial charge in [-0.05, 0) is 87.2 Å². The van der Waals surface area contributed by atoms with Crippen LogP contribution in [0.3, 0.4) is 0 Å². The summed E-state index contributed by atoms with van der Waals surface area (Å²) in [5.41, 5.74) is 2.66. The van der Waals surface area contributed by atoms with Crippen LogP contribution >= 0.6 is 0 Å². The van der Waals surface area contributed by atoms with Crippen molar-refractivity contribution in [1.82, 2.24) is 0 Å². The highest BCUT2D eigenvalue weighted by Gasteiger charge is 2.57. The van der Waals surface area contributed by atoms with Crippen molar-refractivity contribution >= 4 is 17.7 Å². The molecule has 0 saturated carbocycles. The molecule has 7 nitrogen and oxygen atoms in total. The maximum absolute atomic E-state index is 14.1. The van der Waals surface area contributed by atoms with E-state index in [-0.39, 0.29) is 5.41 Å². The van der Waals surface area contributed by atoms with Crippen LogP contribution in [0.5, 0.6) is 28.7 Å². The number of carbonyl (C=O) groups is 1. The number of ether oxygens (including phenoxy) is 5. The molecule has 2 aliphatic rings. The highest BCUT2D eigenvalue weighted by molar-refractivity contribution is 5.93. The predicted molar refractivity (Wildman–Crippen MR) is 262 cm³/mol. The molecule has 0 aliphatic carbocycles. The Hall–Kier alpha value is -4.13. The molecule has 0 aromatic heterocycles. The Morgan fingerprint density at radius 2 is 1.06 bits per heavy atom. The van der Waals surface area contributed by atoms with E-state index in [1.54, 1.807) is 12.1 Å². The number of hydrogen-bond donors (Lipinski definition) is 0. The molecule has 0 bridgehead atoms. The van der Waals surface area contributed by atoms with E-state index in [9.17, 15) is 4.79 Å². The van der Waals surface area contributed by atoms with Crippen LogP contribution < -0.4 is 28.6 Å². The van der Waals surface area contributed by atoms with Crippen molar-refractivity contribution in [2.75, 3.05) is 31.8 Å². The summed E-state index contributed by atoms with van der Waals surface area (Å²) in [4.78, 5) is 16.3. The summed E-state index contributed by atoms with van der Waals surface area (Å²) >= 11 is 0. The molecule has 1 atom stereocenters. The first-order chi connectivity index (χ1) is 30.8. The predicted octanol–water partition coefficient (Wildman–Crippen LogP) is 16.0. The van der Waals surface area contributed by atoms with Crippen LogP contribution in [-0.2, 0) is 5.41 Å². The van der Waals surface area contributed by atoms with E-state index >= 15 is 0 Å². The first kappa shape index (κ1) is 49.9. The molecule has 0 fully saturated rings. The van der Waals surface area contributed by atoms with E-state index in [0.717, 1.165) is 55.5 Å². The van der Waals surface area contributed by atoms with Crippen LogP contribution in [0.15, 0.2) is 60.7 Å². The molecule has 2 aliphatic heterocycles. The van der Waals surface area contributed by atoms with Gasteiger partial charge >= 0.3 is 5.97 Å². The Morgan fingerprint density at radius 3 is 1.57 bits per heavy atom. The molecule has 3 aromatic rings. The maximum atomic E-state index is 14.1. The SMILES string of the molecule is CCCCCCCCCCOc1cc(C(=O)Oc2ccc3c(c2)C=CC2(O3)N(C)c3ccccc3C2(C)C)cc(OCCCCCCCCCC)c1OCCCCCCCCCC. The first-order valence-electron chi connectivity index (χ1n) is 25.4. The van der Waals surface area contributed by atoms with Crippen molar-refractivity contribution in [3.8, 4) is 28.7 Å². The van der Waals surface area contributed by atoms with E-state index in [4.69, 9.17) is 23.7 Å². The standard InChI is InChI=1S/C56H83NO6/c1-7-10-13-16-19-22-25-30-39-59-51-43-46(44-52(60-40-31-26-23-20-17-14-11-8-2)53(51)61-41-32-27-24-21-18-15-12-9-3)54(58)62-47-35-36-50-45(42-47)37-38-56(63-50)55(4,5)48-33-28-29-34-49(48)57(56)6/h28-29,33-38,42-44H,7-27,30-32,39-41H2,1-6H3. The zero-order chi connectivity index (χ0) is 44.8. The fraction of sp³-hybridized carbons (Fsp3) is 0.625. The Morgan fingerprint density at radius 1 is 0.587 bits per heavy atom. The number of esters is 1. The van der Waals surface area contributed by atoms with Crippen LogP contribution in [0, 0.1) is 0 Å². The van der Waals surface area contributed by atoms with E-state index in [1.807, 2.05) is 18.2 Å². The van der Waals surface area contributed by atoms with Crippen molar-refractivity contribution in [2.45, 2.75) is 200 Å². The van der Waals surface area contributed by atoms with Crippen LogP contribution in [0.2, 0.25) is 0 Å². The molecule has 2 heterocycles. The third-order valence-corrected chi connectivity index (χ3v) is 13.3. The quantitative estimate of drug-likeness (QED) is 0.0352. The second-order valence-corrected chi connectivity index (χ2v) is 18.7. The van der Waals surface area contributed by atoms with Crippen molar-refractivity contribution < 1.29 is 28.5 Å². The monoisotopic (exact) mass is 866 g/mol. The van der Waals surface area contributed by atoms with Crippen LogP contribution in [0.4, 0.5) is 5.69 Å². The van der Waals surface area contributed by atoms with Gasteiger partial charge in [-0.2, -0.15) is 0 Å². The number of carbonyl (C=O) groups excluding carboxylic acids is 1. The Kier molecular flexibility index (Phi) is 21.1. The number of likely N-dealkylation sites (N-methyl/N-ethyl adjacent to an activating group) is 1. The fourth-order valence-electron chi connectivity index (χ4n) is 9.28. The number of rotatable bonds is 32. The number of anilines is 1. The molecular formula is C56H83NO6. The third kappa shape index (κ3) is 14.2. The summed E-state index contributed by atoms with van der Waals surface area (Å²) in [6.07, 6.45) is 33.5. The lowest BCUT2D eigenvalue weighted by atomic mass is 9.76. The number of benzene rings is 3. The number of para-hydroxylation sites is 1. The molecule has 7 heteroatoms. The maximum Gasteiger partial charge on any atom is 0.343 e. The molecule has 348 valence electrons. The lowest BCUT2D eigenvalue weighted by Crippen LogP contribution is -2.58. The van der Waals surface area contributed by atoms with Crippen molar-refractivity contribution in [3.63, 3.8) is 0 Å². The van der Waals surface area contributed by atoms with Crippen molar-refractivity contribution in [2.24, 2.45) is 0 Å². The Balaban J connectivity index is 1.30. The number of nitrogens with zero attached hydrogens (tertiary/aromatic N) is 1. The summed E-state index contributed by atoms with van der Waals surface area (Å²) < 4.78 is 32.6. The smallest absolute Gasteiger partial charge is 0.343 e. The number of fused-ring (bicyclic) bond motifs is 2. The van der Waals surface area contributed by atoms with E-state index in [0.29, 0.717) is 48.4 Å². The molecule has 0 amide bonds. The molecule has 0 N–H and O–H groups in total. The number of unbranched alkanes of at least 4 members (excludes halogenated alkanes) is 21. The van der Waals surface area contributed by atoms with Crippen molar-refractivity contribution in [1.29, 1.82) is 0 Å². The minimum Gasteiger partial charge on any atom is -0.490 e. The number of hydrogen-bond acceptors (Lipinski definition) is 7. The second kappa shape index (κ2) is 26.6. The summed E-state index contributed by atoms with van der Waals surface area (Å²) in [7, 11) is 2.09. The van der Waals surface area contributed by atoms with Crippen molar-refractivity contribution in [3.05, 3.63) is 77.4 Å². The third-order valence-electron chi connectivity index (χ3n) is 13.3. The second-order valence-electron chi connectivity index (χ2n) is 18.7. The summed E-state index contributed by atoms with van der Waals surface area (Å²) in [6.45, 7) is 12.9. The van der Waals surface area contributed by atoms with Gasteiger partial charge in [-0.15, -0.1) is 0 Å². The van der Waals surface area contributed by atoms with Gasteiger partial charge in [0.25, 0.3) is 0 Å². The molecular weight excluding hydrogens is 783 g/mol. The van der Waals surface area contributed by atoms with Gasteiger partial charge in [-0.3, -0.25) is 0 Å². The van der Waals surface area contributed by atoms with Crippen LogP contribution in [0.25, 0.3) is 6.08 Å². The van der Waals surface area contributed by atoms with Gasteiger partial charge in [0, 0.05) is 18.3 Å². The molecule has 5 rings (SSSR count). The minimum atomic E-state index is -0.685. The molecule has 0 saturated heterocycles. The van der Waals surface area contributed by atoms with Crippen LogP contribution in [0.1, 0.15) is 210 Å². The Labute approximate surface area is 382 Å². The van der Waals surface area contributed by atoms with Gasteiger partial charge in [0.15, 0.2) is 11.5 Å². The van der Waals surface area contributed by atoms with Crippen LogP contribution in [-0.4, -0.2) is 38.6 Å². The highest BCUT2D eigenvalue weighted by atomic mass is 16.5. The van der Waals surface area contributed by atoms with E-state index in [2.05, 4.69) is 83.0 Å². The first-order valence-corrected chi connectivity index (χ1v) is 25.4. The highest BCUT2D eigenvalue weighted by Crippen LogP contribution is 2.54. The summed E-state index contributed by atoms with van der Waals surface area (Å²) in [6, 6.07) is 17.7. The normalized spacial score (nSPS) is 15.9. The average Bonchev–Trinajstić information content (AvgIpc) is 3.44. The van der Waals surface area contributed by atoms with E-state index in [1.165, 1.54) is 121 Å². The zero-order valence-electron chi connectivity index (χ0n) is 40.3. The molecule has 63 heavy (non-hydrogen) atoms. The Bertz CT molecular complexity index is 1790. The van der Waals surface area contributed by atoms with Gasteiger partial charge < -0.3 is 28.6 Å². The lowest BCUT2D eigenvalue weighted by Gasteiger charge is -2.45. The largest absolute Gasteiger partial charge is 0.490 e. The minimum absolute atomic E-state index is 0.302. The molecule has 1 spiro atoms. The lowest BCUT2D eigenvalue weighted by molar-refractivity contribution is 0.0579. The van der Waals surface area contributed by atoms with Gasteiger partial charge in [-0.1, -0.05) is 174 Å². The van der Waals surface area contributed by atoms with E-state index < -0.39 is 11.7 Å². The van der Waals surface area contributed by atoms with Gasteiger partial charge in [0.2, 0.25) is 11.5 Å². The van der Waals surface area contributed by atoms with Gasteiger partial charge in [0.1, 0.15) is 11.5 Å². The summed E-state index contributed by atoms with van der Waals surface area (Å²) in [5.74, 6) is 2.42. The molecule has 0 radical (unpaired) electrons. The topological polar surface area (TPSA) is 66.5 Å². The van der Waals surface area contributed by atoms with Gasteiger partial charge in [-0.25, -0.2) is 4.79 Å². The van der Waals surface area contributed by atoms with Gasteiger partial charge in [0.05, 0.1) is 30.8 Å². The summed E-state index contributed by atoms with van der Waals surface area (Å²) in [5, 5.41) is 0. The average molecular weight is 866 g/mol. The fourth-order valence-corrected chi connectivity index (χ4v) is 9.28.